The lowest BCUT2D eigenvalue weighted by molar-refractivity contribution is 1.04. The Hall–Kier alpha value is -6.00. The topological polar surface area (TPSA) is 35.6 Å². The van der Waals surface area contributed by atoms with Gasteiger partial charge in [0.1, 0.15) is 5.82 Å². The number of aromatic nitrogens is 4. The molecule has 0 amide bonds. The minimum atomic E-state index is 0.694. The van der Waals surface area contributed by atoms with Crippen LogP contribution in [-0.4, -0.2) is 19.1 Å². The summed E-state index contributed by atoms with van der Waals surface area (Å²) in [6.07, 6.45) is 0. The van der Waals surface area contributed by atoms with Crippen LogP contribution < -0.4 is 0 Å². The van der Waals surface area contributed by atoms with Gasteiger partial charge in [0.25, 0.3) is 0 Å². The summed E-state index contributed by atoms with van der Waals surface area (Å²) in [4.78, 5) is 10.7. The molecule has 0 aliphatic carbocycles. The Bertz CT molecular complexity index is 2610. The van der Waals surface area contributed by atoms with Crippen LogP contribution in [0.3, 0.4) is 0 Å². The van der Waals surface area contributed by atoms with Gasteiger partial charge in [-0.3, -0.25) is 4.57 Å². The van der Waals surface area contributed by atoms with Gasteiger partial charge in [0.05, 0.1) is 33.4 Å². The first kappa shape index (κ1) is 27.3. The molecule has 6 aromatic carbocycles. The fraction of sp³-hybridized carbons (Fsp3) is 0.0698. The normalized spacial score (nSPS) is 11.7. The maximum atomic E-state index is 5.43. The molecule has 0 saturated heterocycles. The minimum Gasteiger partial charge on any atom is -0.308 e. The molecule has 9 rings (SSSR count). The van der Waals surface area contributed by atoms with E-state index in [0.717, 1.165) is 39.4 Å². The van der Waals surface area contributed by atoms with E-state index < -0.39 is 0 Å². The van der Waals surface area contributed by atoms with Crippen molar-refractivity contribution >= 4 is 43.6 Å². The fourth-order valence-electron chi connectivity index (χ4n) is 7.11. The van der Waals surface area contributed by atoms with E-state index in [4.69, 9.17) is 9.97 Å². The number of nitrogens with zero attached hydrogens (tertiary/aromatic N) is 4. The molecule has 4 heteroatoms. The Morgan fingerprint density at radius 1 is 0.447 bits per heavy atom. The third-order valence-corrected chi connectivity index (χ3v) is 9.51. The number of benzene rings is 6. The van der Waals surface area contributed by atoms with Crippen molar-refractivity contribution in [3.05, 3.63) is 156 Å². The maximum Gasteiger partial charge on any atom is 0.164 e. The van der Waals surface area contributed by atoms with Gasteiger partial charge in [-0.2, -0.15) is 0 Å². The van der Waals surface area contributed by atoms with E-state index in [9.17, 15) is 0 Å². The van der Waals surface area contributed by atoms with Crippen LogP contribution in [0, 0.1) is 20.8 Å². The standard InChI is InChI=1S/C43H32N4/c1-27-21-22-40-34(23-27)33-17-9-10-18-37(33)46(40)41-25-29(3)28(2)24-35(41)43-44-36(30-13-5-4-6-14-30)26-42(45-43)47-38-19-11-7-15-31(38)32-16-8-12-20-39(32)47/h4-26H,1-3H3. The van der Waals surface area contributed by atoms with Crippen molar-refractivity contribution in [2.24, 2.45) is 0 Å². The second-order valence-corrected chi connectivity index (χ2v) is 12.5. The van der Waals surface area contributed by atoms with Gasteiger partial charge in [-0.05, 0) is 74.4 Å². The molecule has 0 bridgehead atoms. The highest BCUT2D eigenvalue weighted by molar-refractivity contribution is 6.10. The summed E-state index contributed by atoms with van der Waals surface area (Å²) in [6.45, 7) is 6.52. The van der Waals surface area contributed by atoms with Crippen molar-refractivity contribution in [1.29, 1.82) is 0 Å². The van der Waals surface area contributed by atoms with Gasteiger partial charge >= 0.3 is 0 Å². The van der Waals surface area contributed by atoms with E-state index in [-0.39, 0.29) is 0 Å². The van der Waals surface area contributed by atoms with Gasteiger partial charge in [0, 0.05) is 38.7 Å². The maximum absolute atomic E-state index is 5.43. The first-order valence-corrected chi connectivity index (χ1v) is 16.1. The minimum absolute atomic E-state index is 0.694. The van der Waals surface area contributed by atoms with Gasteiger partial charge < -0.3 is 4.57 Å². The number of fused-ring (bicyclic) bond motifs is 6. The van der Waals surface area contributed by atoms with Gasteiger partial charge in [-0.1, -0.05) is 96.6 Å². The quantitative estimate of drug-likeness (QED) is 0.200. The first-order valence-electron chi connectivity index (χ1n) is 16.1. The van der Waals surface area contributed by atoms with Crippen molar-refractivity contribution in [3.8, 4) is 34.2 Å². The molecule has 0 aliphatic rings. The Morgan fingerprint density at radius 3 is 1.68 bits per heavy atom. The Morgan fingerprint density at radius 2 is 1.00 bits per heavy atom. The Kier molecular flexibility index (Phi) is 6.12. The molecule has 47 heavy (non-hydrogen) atoms. The molecule has 0 saturated carbocycles. The molecule has 0 atom stereocenters. The lowest BCUT2D eigenvalue weighted by Gasteiger charge is -2.18. The largest absolute Gasteiger partial charge is 0.308 e. The van der Waals surface area contributed by atoms with Crippen LogP contribution in [0.5, 0.6) is 0 Å². The van der Waals surface area contributed by atoms with Crippen molar-refractivity contribution < 1.29 is 0 Å². The number of rotatable bonds is 4. The van der Waals surface area contributed by atoms with Crippen LogP contribution in [0.1, 0.15) is 16.7 Å². The highest BCUT2D eigenvalue weighted by Crippen LogP contribution is 2.39. The Balaban J connectivity index is 1.39. The SMILES string of the molecule is Cc1ccc2c(c1)c1ccccc1n2-c1cc(C)c(C)cc1-c1nc(-c2ccccc2)cc(-n2c3ccccc3c3ccccc32)n1. The third kappa shape index (κ3) is 4.29. The smallest absolute Gasteiger partial charge is 0.164 e. The highest BCUT2D eigenvalue weighted by Gasteiger charge is 2.21. The van der Waals surface area contributed by atoms with Crippen LogP contribution >= 0.6 is 0 Å². The molecular formula is C43H32N4. The summed E-state index contributed by atoms with van der Waals surface area (Å²) in [5, 5.41) is 4.89. The second-order valence-electron chi connectivity index (χ2n) is 12.5. The van der Waals surface area contributed by atoms with Crippen LogP contribution in [0.25, 0.3) is 77.8 Å². The molecule has 3 aromatic heterocycles. The third-order valence-electron chi connectivity index (χ3n) is 9.51. The van der Waals surface area contributed by atoms with Crippen LogP contribution in [0.15, 0.2) is 140 Å². The zero-order chi connectivity index (χ0) is 31.6. The van der Waals surface area contributed by atoms with E-state index in [2.05, 4.69) is 163 Å². The molecule has 3 heterocycles. The number of hydrogen-bond acceptors (Lipinski definition) is 2. The summed E-state index contributed by atoms with van der Waals surface area (Å²) < 4.78 is 4.68. The predicted octanol–water partition coefficient (Wildman–Crippen LogP) is 10.9. The number of para-hydroxylation sites is 3. The van der Waals surface area contributed by atoms with Crippen LogP contribution in [0.4, 0.5) is 0 Å². The zero-order valence-corrected chi connectivity index (χ0v) is 26.6. The van der Waals surface area contributed by atoms with Gasteiger partial charge in [0.15, 0.2) is 5.82 Å². The summed E-state index contributed by atoms with van der Waals surface area (Å²) in [5.74, 6) is 1.53. The van der Waals surface area contributed by atoms with Crippen molar-refractivity contribution in [3.63, 3.8) is 0 Å². The van der Waals surface area contributed by atoms with Crippen molar-refractivity contribution in [1.82, 2.24) is 19.1 Å². The number of hydrogen-bond donors (Lipinski definition) is 0. The average molecular weight is 605 g/mol. The predicted molar refractivity (Wildman–Crippen MR) is 196 cm³/mol. The number of aryl methyl sites for hydroxylation is 3. The molecule has 224 valence electrons. The molecule has 9 aromatic rings. The van der Waals surface area contributed by atoms with E-state index in [1.807, 2.05) is 6.07 Å². The molecule has 0 fully saturated rings. The van der Waals surface area contributed by atoms with Crippen LogP contribution in [0.2, 0.25) is 0 Å². The highest BCUT2D eigenvalue weighted by atomic mass is 15.1. The summed E-state index contributed by atoms with van der Waals surface area (Å²) in [7, 11) is 0. The lowest BCUT2D eigenvalue weighted by Crippen LogP contribution is -2.05. The average Bonchev–Trinajstić information content (AvgIpc) is 3.62. The monoisotopic (exact) mass is 604 g/mol. The van der Waals surface area contributed by atoms with Crippen molar-refractivity contribution in [2.45, 2.75) is 20.8 Å². The van der Waals surface area contributed by atoms with E-state index in [0.29, 0.717) is 5.82 Å². The molecule has 0 spiro atoms. The molecule has 0 aliphatic heterocycles. The van der Waals surface area contributed by atoms with Crippen molar-refractivity contribution in [2.75, 3.05) is 0 Å². The van der Waals surface area contributed by atoms with Gasteiger partial charge in [0.2, 0.25) is 0 Å². The summed E-state index contributed by atoms with van der Waals surface area (Å²) in [5.41, 5.74) is 12.3. The van der Waals surface area contributed by atoms with E-state index in [1.54, 1.807) is 0 Å². The zero-order valence-electron chi connectivity index (χ0n) is 26.6. The lowest BCUT2D eigenvalue weighted by atomic mass is 10.0. The molecular weight excluding hydrogens is 573 g/mol. The summed E-state index contributed by atoms with van der Waals surface area (Å²) >= 11 is 0. The van der Waals surface area contributed by atoms with Crippen LogP contribution in [-0.2, 0) is 0 Å². The van der Waals surface area contributed by atoms with Gasteiger partial charge in [-0.15, -0.1) is 0 Å². The molecule has 4 nitrogen and oxygen atoms in total. The molecule has 0 unspecified atom stereocenters. The molecule has 0 N–H and O–H groups in total. The Labute approximate surface area is 273 Å². The second kappa shape index (κ2) is 10.5. The molecule has 0 radical (unpaired) electrons. The van der Waals surface area contributed by atoms with E-state index in [1.165, 1.54) is 49.3 Å². The fourth-order valence-corrected chi connectivity index (χ4v) is 7.11. The summed E-state index contributed by atoms with van der Waals surface area (Å²) in [6, 6.07) is 49.7. The van der Waals surface area contributed by atoms with E-state index >= 15 is 0 Å². The van der Waals surface area contributed by atoms with Gasteiger partial charge in [-0.25, -0.2) is 9.97 Å². The first-order chi connectivity index (χ1) is 23.0.